The van der Waals surface area contributed by atoms with Gasteiger partial charge in [0.25, 0.3) is 0 Å². The molecule has 0 saturated heterocycles. The van der Waals surface area contributed by atoms with E-state index in [2.05, 4.69) is 156 Å². The first kappa shape index (κ1) is 47.0. The summed E-state index contributed by atoms with van der Waals surface area (Å²) in [6.45, 7) is 26.6. The molecule has 336 valence electrons. The Morgan fingerprint density at radius 2 is 0.731 bits per heavy atom. The van der Waals surface area contributed by atoms with Crippen molar-refractivity contribution in [3.05, 3.63) is 119 Å². The van der Waals surface area contributed by atoms with Crippen LogP contribution in [-0.2, 0) is 43.4 Å². The summed E-state index contributed by atoms with van der Waals surface area (Å²) in [5.74, 6) is 1.75. The number of carbonyl (C=O) groups is 1. The third-order valence-corrected chi connectivity index (χ3v) is 12.3. The van der Waals surface area contributed by atoms with Crippen molar-refractivity contribution in [1.82, 2.24) is 39.9 Å². The molecule has 2 aliphatic rings. The second-order valence-electron chi connectivity index (χ2n) is 21.4. The van der Waals surface area contributed by atoms with E-state index in [1.54, 1.807) is 0 Å². The van der Waals surface area contributed by atoms with Gasteiger partial charge in [0.05, 0.1) is 23.3 Å². The number of fused-ring (bicyclic) bond motifs is 20. The summed E-state index contributed by atoms with van der Waals surface area (Å²) in [4.78, 5) is 51.7. The maximum Gasteiger partial charge on any atom is 2.00 e. The minimum atomic E-state index is -0.274. The fourth-order valence-electron chi connectivity index (χ4n) is 8.14. The maximum atomic E-state index is 10.1. The van der Waals surface area contributed by atoms with E-state index < -0.39 is 0 Å². The summed E-state index contributed by atoms with van der Waals surface area (Å²) in [5, 5.41) is 21.2. The summed E-state index contributed by atoms with van der Waals surface area (Å²) in [7, 11) is 0. The van der Waals surface area contributed by atoms with Crippen molar-refractivity contribution < 1.29 is 36.7 Å². The predicted molar refractivity (Wildman–Crippen MR) is 264 cm³/mol. The molecule has 2 N–H and O–H groups in total. The van der Waals surface area contributed by atoms with Gasteiger partial charge >= 0.3 is 21.7 Å². The molecule has 0 saturated carbocycles. The van der Waals surface area contributed by atoms with E-state index in [-0.39, 0.29) is 54.9 Å². The Balaban J connectivity index is 0.000000493. The number of aromatic hydroxyl groups is 2. The Kier molecular flexibility index (Phi) is 11.7. The van der Waals surface area contributed by atoms with Crippen LogP contribution in [-0.4, -0.2) is 46.4 Å². The first-order chi connectivity index (χ1) is 31.0. The summed E-state index contributed by atoms with van der Waals surface area (Å²) >= 11 is 0. The van der Waals surface area contributed by atoms with Gasteiger partial charge in [0.2, 0.25) is 0 Å². The molecule has 0 fully saturated rings. The van der Waals surface area contributed by atoms with Crippen LogP contribution in [0.1, 0.15) is 116 Å². The Morgan fingerprint density at radius 1 is 0.388 bits per heavy atom. The molecule has 0 spiro atoms. The average molecular weight is 923 g/mol. The van der Waals surface area contributed by atoms with E-state index in [1.165, 1.54) is 40.5 Å². The molecule has 2 aliphatic heterocycles. The van der Waals surface area contributed by atoms with Gasteiger partial charge in [-0.05, 0) is 108 Å². The Bertz CT molecular complexity index is 3270. The Hall–Kier alpha value is -6.56. The quantitative estimate of drug-likeness (QED) is 0.0915. The van der Waals surface area contributed by atoms with Crippen molar-refractivity contribution in [3.63, 3.8) is 0 Å². The van der Waals surface area contributed by atoms with Crippen LogP contribution in [0.5, 0.6) is 11.5 Å². The van der Waals surface area contributed by atoms with Gasteiger partial charge in [-0.1, -0.05) is 132 Å². The second kappa shape index (κ2) is 16.6. The molecule has 11 nitrogen and oxygen atoms in total. The number of hydrogen-bond donors (Lipinski definition) is 2. The van der Waals surface area contributed by atoms with Crippen LogP contribution >= 0.6 is 0 Å². The molecule has 0 radical (unpaired) electrons. The fourth-order valence-corrected chi connectivity index (χ4v) is 8.14. The first-order valence-electron chi connectivity index (χ1n) is 22.2. The third-order valence-electron chi connectivity index (χ3n) is 12.3. The number of phenolic OH excluding ortho intramolecular Hbond substituents is 2. The molecule has 10 rings (SSSR count). The van der Waals surface area contributed by atoms with Gasteiger partial charge in [0, 0.05) is 50.4 Å². The maximum absolute atomic E-state index is 10.1. The number of carbonyl (C=O) groups excluding carboxylic acids is 1. The first-order valence-corrected chi connectivity index (χ1v) is 22.2. The topological polar surface area (TPSA) is 163 Å². The van der Waals surface area contributed by atoms with Crippen molar-refractivity contribution >= 4 is 50.4 Å². The zero-order valence-electron chi connectivity index (χ0n) is 40.1. The standard InChI is InChI=1S/C48H48N8.C7H6O3.Ti/c1-45(2,3)25-13-17-29-33(21-25)41-49-37(29)54-42-35-23-27(47(7,8)9)15-19-31(35)39(51-42)56-44-36-24-28(48(10,11)12)16-20-32(36)40(52-44)55-43-34-22-26(46(4,5)6)14-18-30(34)38(50-43)53-41;8-4-5-1-2-6(9)7(10)3-5;/h13-24H,1-12H3;1-4,9-10H;/q-2;;+2. The van der Waals surface area contributed by atoms with Crippen LogP contribution < -0.4 is 9.97 Å². The number of phenols is 2. The molecule has 5 heterocycles. The largest absolute Gasteiger partial charge is 2.00 e. The normalized spacial score (nSPS) is 12.5. The van der Waals surface area contributed by atoms with Gasteiger partial charge < -0.3 is 40.1 Å². The fraction of sp³-hybridized carbons (Fsp3) is 0.291. The average Bonchev–Trinajstić information content (AvgIpc) is 3.98. The number of benzene rings is 5. The molecule has 0 amide bonds. The molecule has 8 aromatic rings. The van der Waals surface area contributed by atoms with E-state index in [9.17, 15) is 4.79 Å². The Morgan fingerprint density at radius 3 is 1.09 bits per heavy atom. The van der Waals surface area contributed by atoms with Crippen LogP contribution in [0.25, 0.3) is 89.7 Å². The second-order valence-corrected chi connectivity index (χ2v) is 21.4. The molecule has 0 atom stereocenters. The van der Waals surface area contributed by atoms with E-state index >= 15 is 0 Å². The van der Waals surface area contributed by atoms with Crippen molar-refractivity contribution in [1.29, 1.82) is 0 Å². The summed E-state index contributed by atoms with van der Waals surface area (Å²) in [6.07, 6.45) is 0.596. The van der Waals surface area contributed by atoms with Crippen LogP contribution in [0, 0.1) is 0 Å². The summed E-state index contributed by atoms with van der Waals surface area (Å²) in [6, 6.07) is 29.8. The van der Waals surface area contributed by atoms with Gasteiger partial charge in [-0.15, -0.1) is 0 Å². The van der Waals surface area contributed by atoms with Crippen LogP contribution in [0.3, 0.4) is 0 Å². The van der Waals surface area contributed by atoms with Crippen LogP contribution in [0.2, 0.25) is 0 Å². The summed E-state index contributed by atoms with van der Waals surface area (Å²) < 4.78 is 0. The minimum absolute atomic E-state index is 0. The van der Waals surface area contributed by atoms with Crippen molar-refractivity contribution in [3.8, 4) is 57.1 Å². The number of hydrogen-bond acceptors (Lipinski definition) is 9. The van der Waals surface area contributed by atoms with E-state index in [0.717, 1.165) is 43.8 Å². The van der Waals surface area contributed by atoms with Crippen molar-refractivity contribution in [2.24, 2.45) is 0 Å². The molecular weight excluding hydrogens is 869 g/mol. The number of nitrogens with zero attached hydrogens (tertiary/aromatic N) is 8. The molecular formula is C55H54N8O3Ti. The SMILES string of the molecule is CC(C)(C)c1ccc2c(c1)-c1nc-2nc2[n-]c(nc3nc(nc4[n-]c(n1)c1ccc(C(C)(C)C)cc41)-c1ccc(C(C)(C)C)cc1-3)c1ccc(C(C)(C)C)cc21.O=Cc1ccc(O)c(O)c1.[Ti+2]. The van der Waals surface area contributed by atoms with Crippen LogP contribution in [0.15, 0.2) is 91.0 Å². The molecule has 8 bridgehead atoms. The van der Waals surface area contributed by atoms with Gasteiger partial charge in [0.1, 0.15) is 6.29 Å². The molecule has 0 aliphatic carbocycles. The molecule has 5 aromatic carbocycles. The van der Waals surface area contributed by atoms with Crippen molar-refractivity contribution in [2.45, 2.75) is 105 Å². The zero-order chi connectivity index (χ0) is 47.2. The van der Waals surface area contributed by atoms with Crippen molar-refractivity contribution in [2.75, 3.05) is 0 Å². The van der Waals surface area contributed by atoms with E-state index in [0.29, 0.717) is 57.7 Å². The predicted octanol–water partition coefficient (Wildman–Crippen LogP) is 12.2. The van der Waals surface area contributed by atoms with E-state index in [1.807, 2.05) is 0 Å². The molecule has 67 heavy (non-hydrogen) atoms. The zero-order valence-corrected chi connectivity index (χ0v) is 41.7. The van der Waals surface area contributed by atoms with Gasteiger partial charge in [0.15, 0.2) is 11.5 Å². The molecule has 3 aromatic heterocycles. The number of rotatable bonds is 1. The van der Waals surface area contributed by atoms with Gasteiger partial charge in [-0.3, -0.25) is 4.79 Å². The summed E-state index contributed by atoms with van der Waals surface area (Å²) in [5.41, 5.74) is 10.6. The van der Waals surface area contributed by atoms with Gasteiger partial charge in [-0.25, -0.2) is 9.97 Å². The third kappa shape index (κ3) is 8.90. The van der Waals surface area contributed by atoms with Gasteiger partial charge in [-0.2, -0.15) is 0 Å². The molecule has 0 unspecified atom stereocenters. The van der Waals surface area contributed by atoms with Crippen LogP contribution in [0.4, 0.5) is 0 Å². The van der Waals surface area contributed by atoms with E-state index in [4.69, 9.17) is 50.1 Å². The number of aromatic nitrogens is 8. The number of aldehydes is 1. The smallest absolute Gasteiger partial charge is 0.504 e. The molecule has 12 heteroatoms. The Labute approximate surface area is 405 Å². The minimum Gasteiger partial charge on any atom is -0.504 e. The monoisotopic (exact) mass is 922 g/mol.